The fourth-order valence-corrected chi connectivity index (χ4v) is 9.44. The minimum Gasteiger partial charge on any atom is -0.463 e. The van der Waals surface area contributed by atoms with E-state index in [4.69, 9.17) is 4.74 Å². The van der Waals surface area contributed by atoms with Gasteiger partial charge in [-0.05, 0) is 87.8 Å². The molecule has 0 saturated carbocycles. The Morgan fingerprint density at radius 1 is 0.917 bits per heavy atom. The van der Waals surface area contributed by atoms with Gasteiger partial charge in [-0.25, -0.2) is 21.6 Å². The van der Waals surface area contributed by atoms with Gasteiger partial charge in [0, 0.05) is 48.6 Å². The second-order valence-electron chi connectivity index (χ2n) is 9.64. The van der Waals surface area contributed by atoms with Crippen molar-refractivity contribution in [3.63, 3.8) is 0 Å². The fourth-order valence-electron chi connectivity index (χ4n) is 5.29. The molecule has 11 heteroatoms. The van der Waals surface area contributed by atoms with Gasteiger partial charge in [0.15, 0.2) is 19.7 Å². The van der Waals surface area contributed by atoms with Crippen molar-refractivity contribution in [2.75, 3.05) is 23.9 Å². The number of carbonyl (C=O) groups is 1. The Kier molecular flexibility index (Phi) is 10.5. The van der Waals surface area contributed by atoms with E-state index < -0.39 is 43.2 Å². The number of rotatable bonds is 3. The maximum Gasteiger partial charge on any atom is 0.336 e. The minimum absolute atomic E-state index is 0.0230. The van der Waals surface area contributed by atoms with Crippen LogP contribution in [0.3, 0.4) is 0 Å². The number of hydrogen-bond acceptors (Lipinski definition) is 7. The number of ether oxygens (including phenoxy) is 1. The highest BCUT2D eigenvalue weighted by molar-refractivity contribution is 15.0. The molecule has 0 radical (unpaired) electrons. The third kappa shape index (κ3) is 6.14. The Bertz CT molecular complexity index is 1320. The number of halogens is 2. The topological polar surface area (TPSA) is 107 Å². The second-order valence-corrected chi connectivity index (χ2v) is 13.8. The molecule has 2 atom stereocenters. The molecule has 7 nitrogen and oxygen atoms in total. The first-order valence-electron chi connectivity index (χ1n) is 11.6. The number of allylic oxidation sites excluding steroid dienone is 2. The number of sulfone groups is 2. The van der Waals surface area contributed by atoms with Crippen molar-refractivity contribution in [1.29, 1.82) is 0 Å². The molecule has 2 unspecified atom stereocenters. The van der Waals surface area contributed by atoms with Gasteiger partial charge < -0.3 is 10.1 Å². The lowest BCUT2D eigenvalue weighted by Crippen LogP contribution is -2.39. The zero-order valence-corrected chi connectivity index (χ0v) is 28.0. The van der Waals surface area contributed by atoms with Gasteiger partial charge in [-0.15, -0.1) is 0 Å². The van der Waals surface area contributed by atoms with Crippen LogP contribution in [0.5, 0.6) is 0 Å². The van der Waals surface area contributed by atoms with Crippen LogP contribution in [0.1, 0.15) is 60.1 Å². The molecule has 2 heterocycles. The zero-order valence-electron chi connectivity index (χ0n) is 22.0. The number of dihydropyridines is 1. The van der Waals surface area contributed by atoms with Crippen LogP contribution in [0.4, 0.5) is 0 Å². The molecule has 0 fully saturated rings. The first-order chi connectivity index (χ1) is 16.6. The van der Waals surface area contributed by atoms with Crippen LogP contribution in [-0.2, 0) is 29.2 Å². The number of esters is 1. The molecule has 2 aliphatic heterocycles. The summed E-state index contributed by atoms with van der Waals surface area (Å²) in [6.45, 7) is 15.0. The van der Waals surface area contributed by atoms with Crippen LogP contribution in [0.25, 0.3) is 0 Å². The van der Waals surface area contributed by atoms with E-state index in [-0.39, 0.29) is 34.3 Å². The first-order valence-corrected chi connectivity index (χ1v) is 21.4. The van der Waals surface area contributed by atoms with Gasteiger partial charge in [0.05, 0.1) is 40.3 Å². The van der Waals surface area contributed by atoms with E-state index >= 15 is 0 Å². The Morgan fingerprint density at radius 2 is 1.42 bits per heavy atom. The second kappa shape index (κ2) is 12.0. The number of carbonyl (C=O) groups excluding carboxylic acids is 1. The lowest BCUT2D eigenvalue weighted by Gasteiger charge is -2.36. The summed E-state index contributed by atoms with van der Waals surface area (Å²) in [5.74, 6) is -3.04. The highest BCUT2D eigenvalue weighted by Gasteiger charge is 2.45. The maximum atomic E-state index is 13.8. The lowest BCUT2D eigenvalue weighted by molar-refractivity contribution is -0.138. The van der Waals surface area contributed by atoms with Crippen LogP contribution >= 0.6 is 37.2 Å². The van der Waals surface area contributed by atoms with Crippen LogP contribution in [-0.4, -0.2) is 46.7 Å². The van der Waals surface area contributed by atoms with Crippen molar-refractivity contribution in [2.24, 2.45) is 5.92 Å². The van der Waals surface area contributed by atoms with Crippen LogP contribution in [0.2, 0.25) is 0 Å². The molecule has 2 aliphatic rings. The van der Waals surface area contributed by atoms with Crippen molar-refractivity contribution in [3.05, 3.63) is 55.3 Å². The van der Waals surface area contributed by atoms with E-state index in [2.05, 4.69) is 42.5 Å². The average molecular weight is 763 g/mol. The number of hydrogen-bond donors (Lipinski definition) is 1. The lowest BCUT2D eigenvalue weighted by atomic mass is 9.78. The van der Waals surface area contributed by atoms with E-state index in [9.17, 15) is 21.6 Å². The zero-order chi connectivity index (χ0) is 27.7. The summed E-state index contributed by atoms with van der Waals surface area (Å²) in [6.07, 6.45) is 0. The van der Waals surface area contributed by atoms with Crippen molar-refractivity contribution < 1.29 is 26.4 Å². The maximum absolute atomic E-state index is 13.8. The molecule has 202 valence electrons. The molecule has 1 N–H and O–H groups in total. The summed E-state index contributed by atoms with van der Waals surface area (Å²) in [4.78, 5) is 13.2. The molecule has 0 bridgehead atoms. The van der Waals surface area contributed by atoms with Crippen LogP contribution < -0.4 is 5.32 Å². The van der Waals surface area contributed by atoms with Gasteiger partial charge in [-0.2, -0.15) is 0 Å². The Balaban J connectivity index is 0.00000222. The molecular weight excluding hydrogens is 728 g/mol. The van der Waals surface area contributed by atoms with Gasteiger partial charge >= 0.3 is 5.97 Å². The average Bonchev–Trinajstić information content (AvgIpc) is 2.75. The van der Waals surface area contributed by atoms with E-state index in [0.717, 1.165) is 33.4 Å². The Labute approximate surface area is 239 Å². The summed E-state index contributed by atoms with van der Waals surface area (Å²) >= 11 is 4.24. The molecule has 0 aromatic heterocycles. The van der Waals surface area contributed by atoms with Gasteiger partial charge in [-0.3, -0.25) is 0 Å². The molecule has 0 saturated heterocycles. The summed E-state index contributed by atoms with van der Waals surface area (Å²) in [6, 6.07) is 0. The molecule has 0 amide bonds. The van der Waals surface area contributed by atoms with Crippen molar-refractivity contribution in [1.82, 2.24) is 5.32 Å². The predicted octanol–water partition coefficient (Wildman–Crippen LogP) is 5.21. The number of benzene rings is 1. The minimum atomic E-state index is -3.90. The summed E-state index contributed by atoms with van der Waals surface area (Å²) in [5, 5.41) is 2.98. The normalized spacial score (nSPS) is 22.9. The standard InChI is InChI=1S/C25H35NO6S2.I2/c1-9-32-25(27)22-19(8)26-20-12-33(28,29)10-13(2)11-34(30,31)24(20)23(22)21-17(6)15(4)14(3)16(5)18(21)7;1-2/h13,23,26H,9-12H2,1-8H3;. The molecule has 0 spiro atoms. The molecular formula is C25H35I2NO6S2. The van der Waals surface area contributed by atoms with E-state index in [1.165, 1.54) is 0 Å². The number of nitrogens with one attached hydrogen (secondary N) is 1. The van der Waals surface area contributed by atoms with Crippen molar-refractivity contribution >= 4 is 62.9 Å². The summed E-state index contributed by atoms with van der Waals surface area (Å²) in [7, 11) is -7.46. The van der Waals surface area contributed by atoms with Crippen molar-refractivity contribution in [3.8, 4) is 0 Å². The van der Waals surface area contributed by atoms with E-state index in [1.54, 1.807) is 20.8 Å². The van der Waals surface area contributed by atoms with E-state index in [0.29, 0.717) is 5.70 Å². The summed E-state index contributed by atoms with van der Waals surface area (Å²) < 4.78 is 58.8. The molecule has 0 aliphatic carbocycles. The highest BCUT2D eigenvalue weighted by atomic mass is 128. The van der Waals surface area contributed by atoms with Gasteiger partial charge in [-0.1, -0.05) is 6.92 Å². The van der Waals surface area contributed by atoms with Gasteiger partial charge in [0.1, 0.15) is 0 Å². The summed E-state index contributed by atoms with van der Waals surface area (Å²) in [5.41, 5.74) is 6.41. The molecule has 36 heavy (non-hydrogen) atoms. The molecule has 3 rings (SSSR count). The Morgan fingerprint density at radius 3 is 1.92 bits per heavy atom. The fraction of sp³-hybridized carbons (Fsp3) is 0.560. The molecule has 1 aromatic rings. The van der Waals surface area contributed by atoms with Crippen molar-refractivity contribution in [2.45, 2.75) is 61.3 Å². The van der Waals surface area contributed by atoms with Crippen LogP contribution in [0.15, 0.2) is 21.9 Å². The third-order valence-electron chi connectivity index (χ3n) is 7.17. The highest BCUT2D eigenvalue weighted by Crippen LogP contribution is 2.46. The quantitative estimate of drug-likeness (QED) is 0.333. The predicted molar refractivity (Wildman–Crippen MR) is 162 cm³/mol. The van der Waals surface area contributed by atoms with Gasteiger partial charge in [0.25, 0.3) is 0 Å². The monoisotopic (exact) mass is 763 g/mol. The first kappa shape index (κ1) is 31.5. The third-order valence-corrected chi connectivity index (χ3v) is 11.1. The molecule has 1 aromatic carbocycles. The van der Waals surface area contributed by atoms with Gasteiger partial charge in [0.2, 0.25) is 0 Å². The van der Waals surface area contributed by atoms with Crippen LogP contribution in [0, 0.1) is 40.5 Å². The largest absolute Gasteiger partial charge is 0.463 e. The SMILES string of the molecule is CCOC(=O)C1=C(C)NC2=C(C1c1c(C)c(C)c(C)c(C)c1C)S(=O)(=O)CC(C)CS(=O)(=O)C2.II. The smallest absolute Gasteiger partial charge is 0.336 e. The van der Waals surface area contributed by atoms with E-state index in [1.807, 2.05) is 34.6 Å². The Hall–Kier alpha value is -0.670.